The summed E-state index contributed by atoms with van der Waals surface area (Å²) in [7, 11) is 0. The minimum atomic E-state index is -6.28. The van der Waals surface area contributed by atoms with Crippen molar-refractivity contribution in [2.24, 2.45) is 20.5 Å². The van der Waals surface area contributed by atoms with E-state index in [4.69, 9.17) is 0 Å². The Hall–Kier alpha value is -3.69. The number of hydrogen-bond donors (Lipinski definition) is 0. The molecule has 2 aromatic rings. The van der Waals surface area contributed by atoms with Crippen LogP contribution in [0.2, 0.25) is 0 Å². The van der Waals surface area contributed by atoms with Crippen molar-refractivity contribution >= 4 is 11.2 Å². The molecule has 48 heavy (non-hydrogen) atoms. The maximum Gasteiger partial charge on any atom is 0.440 e. The van der Waals surface area contributed by atoms with Gasteiger partial charge < -0.3 is 4.55 Å². The van der Waals surface area contributed by atoms with Gasteiger partial charge in [-0.05, 0) is 46.6 Å². The smallest absolute Gasteiger partial charge is 0.440 e. The molecule has 0 aliphatic carbocycles. The predicted octanol–water partition coefficient (Wildman–Crippen LogP) is 10.7. The van der Waals surface area contributed by atoms with E-state index in [2.05, 4.69) is 20.5 Å². The quantitative estimate of drug-likeness (QED) is 0.197. The van der Waals surface area contributed by atoms with Crippen LogP contribution >= 0.6 is 0 Å². The molecule has 5 nitrogen and oxygen atoms in total. The zero-order chi connectivity index (χ0) is 36.3. The monoisotopic (exact) mass is 734 g/mol. The van der Waals surface area contributed by atoms with E-state index in [-0.39, 0.29) is 48.6 Å². The molecule has 4 unspecified atom stereocenters. The van der Waals surface area contributed by atoms with Crippen LogP contribution in [0.15, 0.2) is 81.4 Å². The lowest BCUT2D eigenvalue weighted by molar-refractivity contribution is -0.174. The molecule has 0 N–H and O–H groups in total. The summed E-state index contributed by atoms with van der Waals surface area (Å²) in [6.07, 6.45) is -30.5. The first-order valence-corrected chi connectivity index (χ1v) is 13.9. The largest absolute Gasteiger partial charge is 0.615 e. The number of azo groups is 2. The summed E-state index contributed by atoms with van der Waals surface area (Å²) in [6.45, 7) is 0. The molecular formula is C26H14F16N4OS. The third-order valence-corrected chi connectivity index (χ3v) is 9.18. The van der Waals surface area contributed by atoms with E-state index < -0.39 is 104 Å². The van der Waals surface area contributed by atoms with Crippen LogP contribution in [0.3, 0.4) is 0 Å². The highest BCUT2D eigenvalue weighted by Crippen LogP contribution is 2.55. The van der Waals surface area contributed by atoms with Gasteiger partial charge in [0, 0.05) is 34.7 Å². The van der Waals surface area contributed by atoms with Crippen molar-refractivity contribution in [3.05, 3.63) is 94.3 Å². The lowest BCUT2D eigenvalue weighted by Gasteiger charge is -2.34. The average molecular weight is 734 g/mol. The number of nitrogens with zero attached hydrogens (tertiary/aromatic N) is 4. The number of rotatable bonds is 8. The second kappa shape index (κ2) is 12.3. The van der Waals surface area contributed by atoms with Crippen molar-refractivity contribution in [3.8, 4) is 0 Å². The van der Waals surface area contributed by atoms with Crippen LogP contribution < -0.4 is 0 Å². The molecule has 2 aromatic carbocycles. The molecule has 0 aromatic heterocycles. The van der Waals surface area contributed by atoms with Crippen LogP contribution in [0.5, 0.6) is 0 Å². The van der Waals surface area contributed by atoms with Crippen molar-refractivity contribution in [3.63, 3.8) is 0 Å². The number of benzene rings is 2. The fourth-order valence-electron chi connectivity index (χ4n) is 5.01. The highest BCUT2D eigenvalue weighted by molar-refractivity contribution is 7.92. The second-order valence-corrected chi connectivity index (χ2v) is 11.7. The van der Waals surface area contributed by atoms with E-state index >= 15 is 0 Å². The molecule has 0 amide bonds. The molecule has 2 heterocycles. The number of halogens is 16. The summed E-state index contributed by atoms with van der Waals surface area (Å²) >= 11 is -4.80. The molecule has 0 saturated carbocycles. The standard InChI is InChI=1S/C26H14F16N4OS/c27-19(28)13-3-1-11(21(25(37,38)39)5-7-43-45-21)9-15(13)17(23(31,32)33)48(47)18(24(34,35)36)16-10-12(2-4-14(16)20(29)30)22(26(40,41)42)6-8-44-46-22/h1-10,17-20H. The van der Waals surface area contributed by atoms with E-state index in [1.165, 1.54) is 0 Å². The van der Waals surface area contributed by atoms with Crippen molar-refractivity contribution in [1.29, 1.82) is 0 Å². The molecule has 2 aliphatic heterocycles. The van der Waals surface area contributed by atoms with Gasteiger partial charge in [0.2, 0.25) is 21.6 Å². The van der Waals surface area contributed by atoms with Crippen molar-refractivity contribution in [2.45, 2.75) is 59.1 Å². The van der Waals surface area contributed by atoms with E-state index in [1.54, 1.807) is 0 Å². The molecule has 262 valence electrons. The summed E-state index contributed by atoms with van der Waals surface area (Å²) in [5, 5.41) is 3.13. The van der Waals surface area contributed by atoms with E-state index in [0.29, 0.717) is 12.4 Å². The Labute approximate surface area is 260 Å². The van der Waals surface area contributed by atoms with Gasteiger partial charge in [-0.3, -0.25) is 0 Å². The van der Waals surface area contributed by atoms with Gasteiger partial charge in [0.25, 0.3) is 12.9 Å². The topological polar surface area (TPSA) is 72.5 Å². The van der Waals surface area contributed by atoms with Gasteiger partial charge in [0.15, 0.2) is 0 Å². The molecule has 0 spiro atoms. The molecule has 0 saturated heterocycles. The molecule has 0 bridgehead atoms. The average Bonchev–Trinajstić information content (AvgIpc) is 3.63. The van der Waals surface area contributed by atoms with Gasteiger partial charge in [-0.2, -0.15) is 73.1 Å². The summed E-state index contributed by atoms with van der Waals surface area (Å²) in [5.74, 6) is 0. The maximum absolute atomic E-state index is 14.6. The van der Waals surface area contributed by atoms with Gasteiger partial charge in [0.05, 0.1) is 0 Å². The summed E-state index contributed by atoms with van der Waals surface area (Å²) in [6, 6.07) is -0.107. The number of hydrogen-bond acceptors (Lipinski definition) is 5. The Morgan fingerprint density at radius 3 is 1.10 bits per heavy atom. The zero-order valence-electron chi connectivity index (χ0n) is 22.7. The van der Waals surface area contributed by atoms with Crippen LogP contribution in [-0.4, -0.2) is 29.3 Å². The Kier molecular flexibility index (Phi) is 9.54. The zero-order valence-corrected chi connectivity index (χ0v) is 23.6. The van der Waals surface area contributed by atoms with Gasteiger partial charge in [-0.25, -0.2) is 17.6 Å². The van der Waals surface area contributed by atoms with Crippen LogP contribution in [0.1, 0.15) is 56.7 Å². The van der Waals surface area contributed by atoms with E-state index in [0.717, 1.165) is 0 Å². The maximum atomic E-state index is 14.6. The molecule has 22 heteroatoms. The molecule has 4 rings (SSSR count). The SMILES string of the molecule is [O-][S+](C(c1cc(C2(C(F)(F)F)C=CN=N2)ccc1C(F)F)C(F)(F)F)C(c1cc(C2(C(F)(F)F)C=CN=N2)ccc1C(F)F)C(F)(F)F. The van der Waals surface area contributed by atoms with Crippen molar-refractivity contribution < 1.29 is 74.8 Å². The molecule has 0 radical (unpaired) electrons. The first-order valence-electron chi connectivity index (χ1n) is 12.6. The first kappa shape index (κ1) is 37.1. The van der Waals surface area contributed by atoms with Crippen LogP contribution in [0.25, 0.3) is 0 Å². The Balaban J connectivity index is 2.03. The lowest BCUT2D eigenvalue weighted by Crippen LogP contribution is -2.41. The third-order valence-electron chi connectivity index (χ3n) is 7.21. The minimum absolute atomic E-state index is 0.0151. The highest BCUT2D eigenvalue weighted by Gasteiger charge is 2.63. The summed E-state index contributed by atoms with van der Waals surface area (Å²) < 4.78 is 241. The van der Waals surface area contributed by atoms with Crippen LogP contribution in [0, 0.1) is 0 Å². The molecular weight excluding hydrogens is 720 g/mol. The molecule has 4 atom stereocenters. The summed E-state index contributed by atoms with van der Waals surface area (Å²) in [4.78, 5) is 0. The normalized spacial score (nSPS) is 23.5. The number of alkyl halides is 16. The van der Waals surface area contributed by atoms with Gasteiger partial charge in [0.1, 0.15) is 0 Å². The Morgan fingerprint density at radius 1 is 0.542 bits per heavy atom. The lowest BCUT2D eigenvalue weighted by atomic mass is 9.87. The fraction of sp³-hybridized carbons (Fsp3) is 0.385. The first-order chi connectivity index (χ1) is 21.9. The van der Waals surface area contributed by atoms with Crippen molar-refractivity contribution in [1.82, 2.24) is 0 Å². The highest BCUT2D eigenvalue weighted by atomic mass is 32.2. The summed E-state index contributed by atoms with van der Waals surface area (Å²) in [5.41, 5.74) is -17.9. The van der Waals surface area contributed by atoms with E-state index in [1.807, 2.05) is 0 Å². The Bertz CT molecular complexity index is 1500. The molecule has 0 fully saturated rings. The fourth-order valence-corrected chi connectivity index (χ4v) is 6.72. The van der Waals surface area contributed by atoms with Gasteiger partial charge in [-0.1, -0.05) is 24.3 Å². The molecule has 2 aliphatic rings. The van der Waals surface area contributed by atoms with E-state index in [9.17, 15) is 74.8 Å². The van der Waals surface area contributed by atoms with Crippen LogP contribution in [0.4, 0.5) is 70.2 Å². The third kappa shape index (κ3) is 6.39. The van der Waals surface area contributed by atoms with Gasteiger partial charge >= 0.3 is 24.7 Å². The van der Waals surface area contributed by atoms with Crippen LogP contribution in [-0.2, 0) is 22.3 Å². The predicted molar refractivity (Wildman–Crippen MR) is 132 cm³/mol. The minimum Gasteiger partial charge on any atom is -0.615 e. The van der Waals surface area contributed by atoms with Crippen molar-refractivity contribution in [2.75, 3.05) is 0 Å². The Morgan fingerprint density at radius 2 is 0.875 bits per heavy atom. The second-order valence-electron chi connectivity index (χ2n) is 10.1. The van der Waals surface area contributed by atoms with Gasteiger partial charge in [-0.15, -0.1) is 0 Å².